The lowest BCUT2D eigenvalue weighted by Gasteiger charge is -2.18. The zero-order valence-corrected chi connectivity index (χ0v) is 5.55. The van der Waals surface area contributed by atoms with Gasteiger partial charge >= 0.3 is 0 Å². The van der Waals surface area contributed by atoms with Crippen molar-refractivity contribution in [1.82, 2.24) is 0 Å². The van der Waals surface area contributed by atoms with E-state index in [9.17, 15) is 0 Å². The van der Waals surface area contributed by atoms with E-state index >= 15 is 0 Å². The molecule has 48 valence electrons. The molecule has 2 rings (SSSR count). The average Bonchev–Trinajstić information content (AvgIpc) is 1.64. The quantitative estimate of drug-likeness (QED) is 0.542. The molecule has 3 heteroatoms. The Bertz CT molecular complexity index is 230. The van der Waals surface area contributed by atoms with Crippen molar-refractivity contribution >= 4 is 13.5 Å². The molecule has 0 saturated heterocycles. The maximum absolute atomic E-state index is 8.73. The van der Waals surface area contributed by atoms with E-state index < -0.39 is 0 Å². The highest BCUT2D eigenvalue weighted by Crippen LogP contribution is 2.53. The van der Waals surface area contributed by atoms with Crippen molar-refractivity contribution in [3.05, 3.63) is 12.1 Å². The number of benzene rings is 1. The van der Waals surface area contributed by atoms with E-state index in [1.807, 2.05) is 0 Å². The van der Waals surface area contributed by atoms with Crippen LogP contribution in [0, 0.1) is 0 Å². The van der Waals surface area contributed by atoms with Crippen LogP contribution >= 0.6 is 13.5 Å². The lowest BCUT2D eigenvalue weighted by atomic mass is 9.90. The minimum absolute atomic E-state index is 0. The van der Waals surface area contributed by atoms with Crippen molar-refractivity contribution in [2.45, 2.75) is 0 Å². The summed E-state index contributed by atoms with van der Waals surface area (Å²) in [6, 6.07) is 3.54. The molecular weight excluding hydrogens is 136 g/mol. The molecule has 0 atom stereocenters. The normalized spacial score (nSPS) is 10.2. The molecule has 2 N–H and O–H groups in total. The summed E-state index contributed by atoms with van der Waals surface area (Å²) in [4.78, 5) is 0. The highest BCUT2D eigenvalue weighted by Gasteiger charge is 2.24. The van der Waals surface area contributed by atoms with Crippen LogP contribution in [0.1, 0.15) is 0 Å². The van der Waals surface area contributed by atoms with Crippen LogP contribution < -0.4 is 0 Å². The Hall–Kier alpha value is -0.830. The number of aromatic hydroxyl groups is 2. The van der Waals surface area contributed by atoms with Crippen molar-refractivity contribution in [1.29, 1.82) is 0 Å². The molecule has 0 aromatic rings. The molecule has 0 bridgehead atoms. The van der Waals surface area contributed by atoms with Gasteiger partial charge in [0.15, 0.2) is 11.5 Å². The minimum atomic E-state index is 0. The molecule has 0 fully saturated rings. The minimum Gasteiger partial charge on any atom is -0.504 e. The summed E-state index contributed by atoms with van der Waals surface area (Å²) in [6.07, 6.45) is 0. The van der Waals surface area contributed by atoms with Crippen molar-refractivity contribution in [3.63, 3.8) is 0 Å². The molecule has 2 aliphatic carbocycles. The fourth-order valence-corrected chi connectivity index (χ4v) is 0.856. The first-order chi connectivity index (χ1) is 3.80. The molecule has 2 nitrogen and oxygen atoms in total. The molecule has 0 saturated carbocycles. The SMILES string of the molecule is Oc1c2ccc-2c1O.S. The summed E-state index contributed by atoms with van der Waals surface area (Å²) < 4.78 is 0. The summed E-state index contributed by atoms with van der Waals surface area (Å²) in [5, 5.41) is 17.5. The van der Waals surface area contributed by atoms with Gasteiger partial charge in [0.2, 0.25) is 0 Å². The molecule has 0 aliphatic heterocycles. The van der Waals surface area contributed by atoms with Gasteiger partial charge in [-0.15, -0.1) is 0 Å². The maximum Gasteiger partial charge on any atom is 0.166 e. The summed E-state index contributed by atoms with van der Waals surface area (Å²) in [7, 11) is 0. The smallest absolute Gasteiger partial charge is 0.166 e. The first-order valence-corrected chi connectivity index (χ1v) is 2.36. The predicted octanol–water partition coefficient (Wildman–Crippen LogP) is 1.19. The lowest BCUT2D eigenvalue weighted by molar-refractivity contribution is 0.396. The molecule has 0 spiro atoms. The molecule has 2 aliphatic rings. The van der Waals surface area contributed by atoms with Crippen LogP contribution in [0.4, 0.5) is 0 Å². The van der Waals surface area contributed by atoms with Gasteiger partial charge in [0.25, 0.3) is 0 Å². The molecule has 0 heterocycles. The van der Waals surface area contributed by atoms with E-state index in [-0.39, 0.29) is 25.0 Å². The van der Waals surface area contributed by atoms with Crippen LogP contribution in [0.25, 0.3) is 11.1 Å². The Morgan fingerprint density at radius 2 is 1.22 bits per heavy atom. The zero-order valence-electron chi connectivity index (χ0n) is 4.55. The van der Waals surface area contributed by atoms with Crippen molar-refractivity contribution in [2.24, 2.45) is 0 Å². The van der Waals surface area contributed by atoms with Gasteiger partial charge in [0, 0.05) is 11.1 Å². The van der Waals surface area contributed by atoms with Gasteiger partial charge in [-0.05, 0) is 12.1 Å². The van der Waals surface area contributed by atoms with Crippen LogP contribution in [0.15, 0.2) is 12.1 Å². The van der Waals surface area contributed by atoms with Crippen LogP contribution in [-0.2, 0) is 0 Å². The summed E-state index contributed by atoms with van der Waals surface area (Å²) >= 11 is 0. The van der Waals surface area contributed by atoms with Gasteiger partial charge in [-0.1, -0.05) is 0 Å². The Morgan fingerprint density at radius 1 is 0.889 bits per heavy atom. The lowest BCUT2D eigenvalue weighted by Crippen LogP contribution is -1.91. The third-order valence-electron chi connectivity index (χ3n) is 1.44. The van der Waals surface area contributed by atoms with Crippen LogP contribution in [0.2, 0.25) is 0 Å². The predicted molar refractivity (Wildman–Crippen MR) is 39.1 cm³/mol. The van der Waals surface area contributed by atoms with E-state index in [0.717, 1.165) is 11.1 Å². The average molecular weight is 142 g/mol. The van der Waals surface area contributed by atoms with E-state index in [2.05, 4.69) is 0 Å². The number of hydrogen-bond donors (Lipinski definition) is 2. The second-order valence-electron chi connectivity index (χ2n) is 1.86. The second-order valence-corrected chi connectivity index (χ2v) is 1.86. The highest BCUT2D eigenvalue weighted by atomic mass is 32.1. The largest absolute Gasteiger partial charge is 0.504 e. The number of hydrogen-bond acceptors (Lipinski definition) is 2. The van der Waals surface area contributed by atoms with E-state index in [1.54, 1.807) is 12.1 Å². The van der Waals surface area contributed by atoms with Crippen molar-refractivity contribution in [3.8, 4) is 22.6 Å². The fraction of sp³-hybridized carbons (Fsp3) is 0. The first kappa shape index (κ1) is 6.29. The topological polar surface area (TPSA) is 40.5 Å². The highest BCUT2D eigenvalue weighted by molar-refractivity contribution is 7.59. The van der Waals surface area contributed by atoms with Gasteiger partial charge in [0.1, 0.15) is 0 Å². The van der Waals surface area contributed by atoms with Gasteiger partial charge in [-0.2, -0.15) is 13.5 Å². The zero-order chi connectivity index (χ0) is 5.72. The first-order valence-electron chi connectivity index (χ1n) is 2.36. The summed E-state index contributed by atoms with van der Waals surface area (Å²) in [6.45, 7) is 0. The summed E-state index contributed by atoms with van der Waals surface area (Å²) in [5.74, 6) is 0.0880. The van der Waals surface area contributed by atoms with Crippen LogP contribution in [0.3, 0.4) is 0 Å². The molecule has 0 amide bonds. The van der Waals surface area contributed by atoms with Gasteiger partial charge < -0.3 is 10.2 Å². The third kappa shape index (κ3) is 0.471. The maximum atomic E-state index is 8.73. The monoisotopic (exact) mass is 142 g/mol. The van der Waals surface area contributed by atoms with E-state index in [1.165, 1.54) is 0 Å². The van der Waals surface area contributed by atoms with E-state index in [0.29, 0.717) is 0 Å². The van der Waals surface area contributed by atoms with Crippen LogP contribution in [-0.4, -0.2) is 10.2 Å². The van der Waals surface area contributed by atoms with E-state index in [4.69, 9.17) is 10.2 Å². The molecule has 0 radical (unpaired) electrons. The van der Waals surface area contributed by atoms with Gasteiger partial charge in [0.05, 0.1) is 0 Å². The number of phenolic OH excluding ortho intramolecular Hbond substituents is 2. The molecule has 0 aromatic carbocycles. The Morgan fingerprint density at radius 3 is 1.33 bits per heavy atom. The van der Waals surface area contributed by atoms with Crippen molar-refractivity contribution < 1.29 is 10.2 Å². The Labute approximate surface area is 59.2 Å². The number of fused-ring (bicyclic) bond motifs is 1. The fourth-order valence-electron chi connectivity index (χ4n) is 0.856. The molecule has 0 aromatic heterocycles. The van der Waals surface area contributed by atoms with Gasteiger partial charge in [-0.3, -0.25) is 0 Å². The molecule has 0 unspecified atom stereocenters. The van der Waals surface area contributed by atoms with Crippen molar-refractivity contribution in [2.75, 3.05) is 0 Å². The standard InChI is InChI=1S/C6H4O2.H2S/c7-5-3-1-2-4(3)6(5)8;/h1-2,7-8H;1H2. The number of phenols is 2. The summed E-state index contributed by atoms with van der Waals surface area (Å²) in [5.41, 5.74) is 1.59. The van der Waals surface area contributed by atoms with Crippen LogP contribution in [0.5, 0.6) is 11.5 Å². The number of rotatable bonds is 0. The second kappa shape index (κ2) is 1.57. The Kier molecular flexibility index (Phi) is 1.10. The van der Waals surface area contributed by atoms with Gasteiger partial charge in [-0.25, -0.2) is 0 Å². The molecule has 9 heavy (non-hydrogen) atoms. The third-order valence-corrected chi connectivity index (χ3v) is 1.44. The Balaban J connectivity index is 0.000000405. The molecular formula is C6H6O2S.